The summed E-state index contributed by atoms with van der Waals surface area (Å²) in [5.74, 6) is -1.12. The first-order valence-corrected chi connectivity index (χ1v) is 10.2. The van der Waals surface area contributed by atoms with Crippen molar-refractivity contribution in [2.75, 3.05) is 0 Å². The normalized spacial score (nSPS) is 13.7. The van der Waals surface area contributed by atoms with Crippen molar-refractivity contribution in [3.63, 3.8) is 0 Å². The fraction of sp³-hybridized carbons (Fsp3) is 0.810. The highest BCUT2D eigenvalue weighted by atomic mass is 16.4. The molecule has 2 N–H and O–H groups in total. The topological polar surface area (TPSA) is 66.4 Å². The number of amides is 1. The van der Waals surface area contributed by atoms with Gasteiger partial charge in [-0.05, 0) is 38.0 Å². The minimum absolute atomic E-state index is 0.0449. The molecular formula is C21H39NO3. The first-order valence-electron chi connectivity index (χ1n) is 10.2. The molecular weight excluding hydrogens is 314 g/mol. The molecule has 4 nitrogen and oxygen atoms in total. The van der Waals surface area contributed by atoms with E-state index in [0.29, 0.717) is 6.42 Å². The molecule has 0 spiro atoms. The number of rotatable bonds is 16. The number of hydrogen-bond acceptors (Lipinski definition) is 2. The maximum absolute atomic E-state index is 11.9. The summed E-state index contributed by atoms with van der Waals surface area (Å²) in [6.45, 7) is 6.02. The van der Waals surface area contributed by atoms with Crippen molar-refractivity contribution < 1.29 is 14.7 Å². The van der Waals surface area contributed by atoms with E-state index >= 15 is 0 Å². The lowest BCUT2D eigenvalue weighted by atomic mass is 9.99. The van der Waals surface area contributed by atoms with Crippen molar-refractivity contribution in [2.45, 2.75) is 104 Å². The van der Waals surface area contributed by atoms with Crippen molar-refractivity contribution in [1.82, 2.24) is 5.32 Å². The zero-order valence-electron chi connectivity index (χ0n) is 16.6. The molecule has 0 rings (SSSR count). The molecule has 0 aliphatic heterocycles. The first-order chi connectivity index (χ1) is 12.0. The van der Waals surface area contributed by atoms with Gasteiger partial charge in [0.25, 0.3) is 0 Å². The van der Waals surface area contributed by atoms with Crippen molar-refractivity contribution in [2.24, 2.45) is 5.92 Å². The third-order valence-electron chi connectivity index (χ3n) is 4.71. The van der Waals surface area contributed by atoms with E-state index in [4.69, 9.17) is 0 Å². The Kier molecular flexibility index (Phi) is 15.3. The quantitative estimate of drug-likeness (QED) is 0.286. The predicted octanol–water partition coefficient (Wildman–Crippen LogP) is 5.47. The molecule has 146 valence electrons. The zero-order valence-corrected chi connectivity index (χ0v) is 16.6. The van der Waals surface area contributed by atoms with E-state index in [1.807, 2.05) is 13.8 Å². The van der Waals surface area contributed by atoms with Crippen LogP contribution in [-0.2, 0) is 9.59 Å². The Labute approximate surface area is 154 Å². The zero-order chi connectivity index (χ0) is 18.9. The summed E-state index contributed by atoms with van der Waals surface area (Å²) >= 11 is 0. The fourth-order valence-electron chi connectivity index (χ4n) is 2.75. The van der Waals surface area contributed by atoms with Gasteiger partial charge in [0, 0.05) is 6.42 Å². The van der Waals surface area contributed by atoms with E-state index in [0.717, 1.165) is 32.1 Å². The minimum Gasteiger partial charge on any atom is -0.480 e. The van der Waals surface area contributed by atoms with Gasteiger partial charge in [0.2, 0.25) is 5.91 Å². The van der Waals surface area contributed by atoms with Crippen molar-refractivity contribution in [1.29, 1.82) is 0 Å². The molecule has 4 heteroatoms. The van der Waals surface area contributed by atoms with Gasteiger partial charge in [0.15, 0.2) is 0 Å². The van der Waals surface area contributed by atoms with Gasteiger partial charge >= 0.3 is 5.97 Å². The van der Waals surface area contributed by atoms with Gasteiger partial charge in [-0.15, -0.1) is 0 Å². The molecule has 0 saturated carbocycles. The Morgan fingerprint density at radius 3 is 2.04 bits per heavy atom. The Morgan fingerprint density at radius 1 is 0.920 bits per heavy atom. The number of carbonyl (C=O) groups excluding carboxylic acids is 1. The SMILES string of the molecule is CCCCC/C=C\CCCCCCCC(=O)N[C@H](C(=O)O)[C@@H](C)CC. The second kappa shape index (κ2) is 16.2. The molecule has 0 aromatic heterocycles. The van der Waals surface area contributed by atoms with Crippen LogP contribution in [0.4, 0.5) is 0 Å². The van der Waals surface area contributed by atoms with Crippen LogP contribution in [0.5, 0.6) is 0 Å². The molecule has 2 atom stereocenters. The molecule has 0 unspecified atom stereocenters. The summed E-state index contributed by atoms with van der Waals surface area (Å²) in [6, 6.07) is -0.762. The number of carboxylic acid groups (broad SMARTS) is 1. The van der Waals surface area contributed by atoms with Gasteiger partial charge in [-0.2, -0.15) is 0 Å². The highest BCUT2D eigenvalue weighted by molar-refractivity contribution is 5.83. The van der Waals surface area contributed by atoms with Crippen LogP contribution in [0.15, 0.2) is 12.2 Å². The number of allylic oxidation sites excluding steroid dienone is 2. The molecule has 0 saturated heterocycles. The molecule has 0 aliphatic carbocycles. The van der Waals surface area contributed by atoms with E-state index in [-0.39, 0.29) is 11.8 Å². The summed E-state index contributed by atoms with van der Waals surface area (Å²) < 4.78 is 0. The molecule has 0 aromatic rings. The van der Waals surface area contributed by atoms with Gasteiger partial charge in [0.1, 0.15) is 6.04 Å². The second-order valence-corrected chi connectivity index (χ2v) is 7.04. The van der Waals surface area contributed by atoms with Gasteiger partial charge in [-0.1, -0.05) is 71.4 Å². The third-order valence-corrected chi connectivity index (χ3v) is 4.71. The monoisotopic (exact) mass is 353 g/mol. The average molecular weight is 354 g/mol. The summed E-state index contributed by atoms with van der Waals surface area (Å²) in [5.41, 5.74) is 0. The maximum Gasteiger partial charge on any atom is 0.326 e. The van der Waals surface area contributed by atoms with Crippen LogP contribution in [0, 0.1) is 5.92 Å². The smallest absolute Gasteiger partial charge is 0.326 e. The maximum atomic E-state index is 11.9. The number of unbranched alkanes of at least 4 members (excludes halogenated alkanes) is 8. The van der Waals surface area contributed by atoms with Crippen LogP contribution in [0.1, 0.15) is 97.8 Å². The number of hydrogen-bond donors (Lipinski definition) is 2. The van der Waals surface area contributed by atoms with Gasteiger partial charge in [0.05, 0.1) is 0 Å². The van der Waals surface area contributed by atoms with Crippen molar-refractivity contribution in [3.05, 3.63) is 12.2 Å². The van der Waals surface area contributed by atoms with E-state index in [9.17, 15) is 14.7 Å². The molecule has 25 heavy (non-hydrogen) atoms. The van der Waals surface area contributed by atoms with E-state index < -0.39 is 12.0 Å². The number of nitrogens with one attached hydrogen (secondary N) is 1. The lowest BCUT2D eigenvalue weighted by Crippen LogP contribution is -2.44. The Bertz CT molecular complexity index is 379. The fourth-order valence-corrected chi connectivity index (χ4v) is 2.75. The van der Waals surface area contributed by atoms with Crippen LogP contribution in [0.2, 0.25) is 0 Å². The minimum atomic E-state index is -0.939. The third kappa shape index (κ3) is 13.6. The average Bonchev–Trinajstić information content (AvgIpc) is 2.59. The lowest BCUT2D eigenvalue weighted by Gasteiger charge is -2.20. The summed E-state index contributed by atoms with van der Waals surface area (Å²) in [4.78, 5) is 23.1. The van der Waals surface area contributed by atoms with Gasteiger partial charge in [-0.3, -0.25) is 4.79 Å². The van der Waals surface area contributed by atoms with Crippen molar-refractivity contribution in [3.8, 4) is 0 Å². The van der Waals surface area contributed by atoms with Crippen LogP contribution in [-0.4, -0.2) is 23.0 Å². The molecule has 0 fully saturated rings. The van der Waals surface area contributed by atoms with Gasteiger partial charge in [-0.25, -0.2) is 4.79 Å². The molecule has 0 heterocycles. The molecule has 0 aromatic carbocycles. The van der Waals surface area contributed by atoms with Crippen molar-refractivity contribution >= 4 is 11.9 Å². The van der Waals surface area contributed by atoms with E-state index in [1.54, 1.807) is 0 Å². The summed E-state index contributed by atoms with van der Waals surface area (Å²) in [6.07, 6.45) is 17.5. The van der Waals surface area contributed by atoms with Crippen LogP contribution in [0.25, 0.3) is 0 Å². The summed E-state index contributed by atoms with van der Waals surface area (Å²) in [5, 5.41) is 11.8. The standard InChI is InChI=1S/C21H39NO3/c1-4-6-7-8-9-10-11-12-13-14-15-16-17-19(23)22-20(21(24)25)18(3)5-2/h9-10,18,20H,4-8,11-17H2,1-3H3,(H,22,23)(H,24,25)/b10-9-/t18-,20-/m0/s1. The molecule has 1 amide bonds. The Balaban J connectivity index is 3.61. The highest BCUT2D eigenvalue weighted by Crippen LogP contribution is 2.11. The number of carbonyl (C=O) groups is 2. The number of aliphatic carboxylic acids is 1. The van der Waals surface area contributed by atoms with Crippen LogP contribution in [0.3, 0.4) is 0 Å². The summed E-state index contributed by atoms with van der Waals surface area (Å²) in [7, 11) is 0. The molecule has 0 radical (unpaired) electrons. The predicted molar refractivity (Wildman–Crippen MR) is 105 cm³/mol. The van der Waals surface area contributed by atoms with Crippen LogP contribution >= 0.6 is 0 Å². The largest absolute Gasteiger partial charge is 0.480 e. The van der Waals surface area contributed by atoms with E-state index in [1.165, 1.54) is 38.5 Å². The first kappa shape index (κ1) is 23.7. The molecule has 0 aliphatic rings. The Morgan fingerprint density at radius 2 is 1.48 bits per heavy atom. The molecule has 0 bridgehead atoms. The number of carboxylic acids is 1. The van der Waals surface area contributed by atoms with Crippen LogP contribution < -0.4 is 5.32 Å². The second-order valence-electron chi connectivity index (χ2n) is 7.04. The highest BCUT2D eigenvalue weighted by Gasteiger charge is 2.24. The van der Waals surface area contributed by atoms with Gasteiger partial charge < -0.3 is 10.4 Å². The van der Waals surface area contributed by atoms with E-state index in [2.05, 4.69) is 24.4 Å². The lowest BCUT2D eigenvalue weighted by molar-refractivity contribution is -0.143. The Hall–Kier alpha value is -1.32.